The fourth-order valence-electron chi connectivity index (χ4n) is 2.31. The molecule has 2 aromatic carbocycles. The summed E-state index contributed by atoms with van der Waals surface area (Å²) in [6, 6.07) is 12.2. The minimum atomic E-state index is -0.725. The predicted octanol–water partition coefficient (Wildman–Crippen LogP) is 2.93. The summed E-state index contributed by atoms with van der Waals surface area (Å²) in [6.45, 7) is -0.0937. The summed E-state index contributed by atoms with van der Waals surface area (Å²) in [4.78, 5) is 20.5. The quantitative estimate of drug-likeness (QED) is 0.765. The Kier molecular flexibility index (Phi) is 4.65. The van der Waals surface area contributed by atoms with E-state index in [4.69, 9.17) is 5.73 Å². The smallest absolute Gasteiger partial charge is 0.255 e. The van der Waals surface area contributed by atoms with E-state index in [0.717, 1.165) is 12.1 Å². The van der Waals surface area contributed by atoms with Crippen LogP contribution in [0.3, 0.4) is 0 Å². The molecule has 7 heteroatoms. The second-order valence-corrected chi connectivity index (χ2v) is 5.27. The first-order valence-corrected chi connectivity index (χ1v) is 7.44. The van der Waals surface area contributed by atoms with Crippen LogP contribution in [0.4, 0.5) is 14.7 Å². The topological polar surface area (TPSA) is 80.9 Å². The van der Waals surface area contributed by atoms with E-state index in [1.807, 2.05) is 18.2 Å². The fourth-order valence-corrected chi connectivity index (χ4v) is 2.31. The van der Waals surface area contributed by atoms with E-state index in [1.165, 1.54) is 12.3 Å². The summed E-state index contributed by atoms with van der Waals surface area (Å²) in [5.74, 6) is -1.84. The van der Waals surface area contributed by atoms with Gasteiger partial charge in [0.1, 0.15) is 11.6 Å². The number of nitrogens with zero attached hydrogens (tertiary/aromatic N) is 2. The molecule has 0 atom stereocenters. The zero-order valence-corrected chi connectivity index (χ0v) is 13.0. The highest BCUT2D eigenvalue weighted by Gasteiger charge is 2.16. The van der Waals surface area contributed by atoms with Crippen molar-refractivity contribution < 1.29 is 13.6 Å². The molecule has 0 saturated heterocycles. The van der Waals surface area contributed by atoms with E-state index in [-0.39, 0.29) is 23.6 Å². The molecule has 3 rings (SSSR count). The van der Waals surface area contributed by atoms with Crippen LogP contribution < -0.4 is 11.1 Å². The molecule has 126 valence electrons. The van der Waals surface area contributed by atoms with E-state index in [0.29, 0.717) is 11.3 Å². The molecule has 0 fully saturated rings. The molecule has 0 bridgehead atoms. The van der Waals surface area contributed by atoms with Crippen LogP contribution in [-0.4, -0.2) is 15.9 Å². The normalized spacial score (nSPS) is 10.5. The Morgan fingerprint density at radius 3 is 2.60 bits per heavy atom. The van der Waals surface area contributed by atoms with Gasteiger partial charge < -0.3 is 11.1 Å². The number of nitrogens with two attached hydrogens (primary N) is 1. The van der Waals surface area contributed by atoms with Crippen molar-refractivity contribution in [2.75, 3.05) is 5.73 Å². The highest BCUT2D eigenvalue weighted by atomic mass is 19.1. The van der Waals surface area contributed by atoms with Crippen LogP contribution in [0.1, 0.15) is 15.9 Å². The SMILES string of the molecule is Nc1ncc(C(=O)NCc2ccc(F)cc2F)c(-c2ccccc2)n1. The van der Waals surface area contributed by atoms with Gasteiger partial charge in [-0.05, 0) is 6.07 Å². The molecule has 0 aliphatic carbocycles. The standard InChI is InChI=1S/C18H14F2N4O/c19-13-7-6-12(15(20)8-13)9-22-17(25)14-10-23-18(21)24-16(14)11-4-2-1-3-5-11/h1-8,10H,9H2,(H,22,25)(H2,21,23,24). The molecule has 1 amide bonds. The van der Waals surface area contributed by atoms with Gasteiger partial charge in [-0.1, -0.05) is 36.4 Å². The number of nitrogen functional groups attached to an aromatic ring is 1. The number of nitrogens with one attached hydrogen (secondary N) is 1. The van der Waals surface area contributed by atoms with Crippen molar-refractivity contribution in [1.82, 2.24) is 15.3 Å². The Balaban J connectivity index is 1.85. The summed E-state index contributed by atoms with van der Waals surface area (Å²) in [6.07, 6.45) is 1.32. The Bertz CT molecular complexity index is 916. The Morgan fingerprint density at radius 1 is 1.12 bits per heavy atom. The van der Waals surface area contributed by atoms with Crippen LogP contribution in [0.15, 0.2) is 54.7 Å². The van der Waals surface area contributed by atoms with Crippen molar-refractivity contribution in [1.29, 1.82) is 0 Å². The van der Waals surface area contributed by atoms with Gasteiger partial charge in [0.05, 0.1) is 11.3 Å². The van der Waals surface area contributed by atoms with Gasteiger partial charge in [-0.2, -0.15) is 0 Å². The summed E-state index contributed by atoms with van der Waals surface area (Å²) in [7, 11) is 0. The van der Waals surface area contributed by atoms with E-state index < -0.39 is 17.5 Å². The lowest BCUT2D eigenvalue weighted by atomic mass is 10.1. The number of halogens is 2. The lowest BCUT2D eigenvalue weighted by Crippen LogP contribution is -2.24. The zero-order chi connectivity index (χ0) is 17.8. The molecule has 3 aromatic rings. The molecule has 0 aliphatic rings. The molecule has 3 N–H and O–H groups in total. The third kappa shape index (κ3) is 3.77. The molecule has 0 saturated carbocycles. The molecule has 5 nitrogen and oxygen atoms in total. The maximum atomic E-state index is 13.7. The minimum Gasteiger partial charge on any atom is -0.368 e. The number of carbonyl (C=O) groups excluding carboxylic acids is 1. The molecular weight excluding hydrogens is 326 g/mol. The summed E-state index contributed by atoms with van der Waals surface area (Å²) in [5, 5.41) is 2.58. The molecular formula is C18H14F2N4O. The molecule has 1 aromatic heterocycles. The number of anilines is 1. The van der Waals surface area contributed by atoms with Crippen LogP contribution in [0.25, 0.3) is 11.3 Å². The van der Waals surface area contributed by atoms with Crippen molar-refractivity contribution in [3.63, 3.8) is 0 Å². The van der Waals surface area contributed by atoms with E-state index in [9.17, 15) is 13.6 Å². The number of amides is 1. The Labute approximate surface area is 142 Å². The number of aromatic nitrogens is 2. The second kappa shape index (κ2) is 7.04. The molecule has 0 unspecified atom stereocenters. The van der Waals surface area contributed by atoms with Gasteiger partial charge in [-0.25, -0.2) is 18.7 Å². The first kappa shape index (κ1) is 16.5. The highest BCUT2D eigenvalue weighted by molar-refractivity contribution is 5.99. The summed E-state index contributed by atoms with van der Waals surface area (Å²) < 4.78 is 26.6. The molecule has 0 aliphatic heterocycles. The van der Waals surface area contributed by atoms with Gasteiger partial charge in [0.15, 0.2) is 0 Å². The summed E-state index contributed by atoms with van der Waals surface area (Å²) in [5.41, 5.74) is 7.09. The van der Waals surface area contributed by atoms with Gasteiger partial charge >= 0.3 is 0 Å². The third-order valence-electron chi connectivity index (χ3n) is 3.55. The number of hydrogen-bond acceptors (Lipinski definition) is 4. The first-order valence-electron chi connectivity index (χ1n) is 7.44. The van der Waals surface area contributed by atoms with Gasteiger partial charge in [0.2, 0.25) is 5.95 Å². The largest absolute Gasteiger partial charge is 0.368 e. The van der Waals surface area contributed by atoms with E-state index in [1.54, 1.807) is 12.1 Å². The van der Waals surface area contributed by atoms with E-state index in [2.05, 4.69) is 15.3 Å². The van der Waals surface area contributed by atoms with Crippen LogP contribution in [0, 0.1) is 11.6 Å². The van der Waals surface area contributed by atoms with Gasteiger partial charge in [0, 0.05) is 29.9 Å². The number of rotatable bonds is 4. The number of carbonyl (C=O) groups is 1. The van der Waals surface area contributed by atoms with Crippen LogP contribution in [-0.2, 0) is 6.54 Å². The van der Waals surface area contributed by atoms with Crippen molar-refractivity contribution >= 4 is 11.9 Å². The molecule has 0 spiro atoms. The van der Waals surface area contributed by atoms with E-state index >= 15 is 0 Å². The lowest BCUT2D eigenvalue weighted by Gasteiger charge is -2.10. The van der Waals surface area contributed by atoms with Crippen molar-refractivity contribution in [3.05, 3.63) is 77.5 Å². The molecule has 0 radical (unpaired) electrons. The minimum absolute atomic E-state index is 0.0417. The summed E-state index contributed by atoms with van der Waals surface area (Å²) >= 11 is 0. The number of benzene rings is 2. The second-order valence-electron chi connectivity index (χ2n) is 5.27. The maximum absolute atomic E-state index is 13.7. The van der Waals surface area contributed by atoms with Crippen molar-refractivity contribution in [2.45, 2.75) is 6.54 Å². The van der Waals surface area contributed by atoms with Crippen LogP contribution in [0.2, 0.25) is 0 Å². The monoisotopic (exact) mass is 340 g/mol. The van der Waals surface area contributed by atoms with Crippen molar-refractivity contribution in [2.24, 2.45) is 0 Å². The van der Waals surface area contributed by atoms with Gasteiger partial charge in [-0.3, -0.25) is 4.79 Å². The zero-order valence-electron chi connectivity index (χ0n) is 13.0. The number of hydrogen-bond donors (Lipinski definition) is 2. The van der Waals surface area contributed by atoms with Gasteiger partial charge in [0.25, 0.3) is 5.91 Å². The Hall–Kier alpha value is -3.35. The maximum Gasteiger partial charge on any atom is 0.255 e. The Morgan fingerprint density at radius 2 is 1.88 bits per heavy atom. The van der Waals surface area contributed by atoms with Crippen molar-refractivity contribution in [3.8, 4) is 11.3 Å². The molecule has 1 heterocycles. The van der Waals surface area contributed by atoms with Crippen LogP contribution in [0.5, 0.6) is 0 Å². The lowest BCUT2D eigenvalue weighted by molar-refractivity contribution is 0.0950. The average Bonchev–Trinajstić information content (AvgIpc) is 2.61. The highest BCUT2D eigenvalue weighted by Crippen LogP contribution is 2.21. The van der Waals surface area contributed by atoms with Gasteiger partial charge in [-0.15, -0.1) is 0 Å². The van der Waals surface area contributed by atoms with Crippen LogP contribution >= 0.6 is 0 Å². The molecule has 25 heavy (non-hydrogen) atoms. The third-order valence-corrected chi connectivity index (χ3v) is 3.55. The first-order chi connectivity index (χ1) is 12.0. The average molecular weight is 340 g/mol. The predicted molar refractivity (Wildman–Crippen MR) is 89.4 cm³/mol. The fraction of sp³-hybridized carbons (Fsp3) is 0.0556.